The van der Waals surface area contributed by atoms with Gasteiger partial charge in [-0.1, -0.05) is 5.16 Å². The average Bonchev–Trinajstić information content (AvgIpc) is 2.89. The average molecular weight is 296 g/mol. The summed E-state index contributed by atoms with van der Waals surface area (Å²) in [5.74, 6) is 0.362. The van der Waals surface area contributed by atoms with Gasteiger partial charge in [-0.2, -0.15) is 0 Å². The molecule has 2 aromatic rings. The fourth-order valence-corrected chi connectivity index (χ4v) is 2.88. The Hall–Kier alpha value is -2.09. The van der Waals surface area contributed by atoms with E-state index in [0.717, 1.165) is 0 Å². The number of hydrogen-bond acceptors (Lipinski definition) is 6. The van der Waals surface area contributed by atoms with E-state index in [2.05, 4.69) is 14.7 Å². The van der Waals surface area contributed by atoms with Crippen LogP contribution in [-0.4, -0.2) is 39.7 Å². The van der Waals surface area contributed by atoms with Gasteiger partial charge in [-0.25, -0.2) is 13.4 Å². The van der Waals surface area contributed by atoms with Gasteiger partial charge >= 0.3 is 0 Å². The van der Waals surface area contributed by atoms with E-state index in [0.29, 0.717) is 17.2 Å². The van der Waals surface area contributed by atoms with Crippen molar-refractivity contribution in [1.29, 1.82) is 0 Å². The summed E-state index contributed by atoms with van der Waals surface area (Å²) in [6.45, 7) is 0. The Bertz CT molecular complexity index is 668. The summed E-state index contributed by atoms with van der Waals surface area (Å²) in [6, 6.07) is 4.94. The molecule has 0 N–H and O–H groups in total. The smallest absolute Gasteiger partial charge is 0.240 e. The molecule has 0 saturated carbocycles. The monoisotopic (exact) mass is 296 g/mol. The van der Waals surface area contributed by atoms with Crippen molar-refractivity contribution in [3.8, 4) is 0 Å². The van der Waals surface area contributed by atoms with Crippen molar-refractivity contribution in [3.05, 3.63) is 36.4 Å². The third kappa shape index (κ3) is 2.90. The minimum atomic E-state index is -3.55. The number of aromatic nitrogens is 2. The van der Waals surface area contributed by atoms with Gasteiger partial charge in [0.05, 0.1) is 5.69 Å². The van der Waals surface area contributed by atoms with Crippen LogP contribution in [0.2, 0.25) is 0 Å². The predicted molar refractivity (Wildman–Crippen MR) is 76.1 cm³/mol. The molecule has 2 aromatic heterocycles. The second kappa shape index (κ2) is 5.49. The molecule has 0 fully saturated rings. The Kier molecular flexibility index (Phi) is 3.93. The molecule has 0 atom stereocenters. The number of rotatable bonds is 5. The highest BCUT2D eigenvalue weighted by atomic mass is 32.2. The number of nitrogens with zero attached hydrogens (tertiary/aromatic N) is 4. The highest BCUT2D eigenvalue weighted by Gasteiger charge is 2.23. The number of pyridine rings is 1. The van der Waals surface area contributed by atoms with Crippen LogP contribution in [0.5, 0.6) is 0 Å². The van der Waals surface area contributed by atoms with Crippen molar-refractivity contribution < 1.29 is 12.9 Å². The van der Waals surface area contributed by atoms with Crippen LogP contribution in [0.3, 0.4) is 0 Å². The van der Waals surface area contributed by atoms with Crippen LogP contribution in [0.1, 0.15) is 5.69 Å². The summed E-state index contributed by atoms with van der Waals surface area (Å²) in [6.07, 6.45) is 2.97. The Morgan fingerprint density at radius 1 is 1.25 bits per heavy atom. The first-order valence-electron chi connectivity index (χ1n) is 5.90. The molecule has 0 aromatic carbocycles. The van der Waals surface area contributed by atoms with E-state index in [4.69, 9.17) is 0 Å². The van der Waals surface area contributed by atoms with E-state index in [1.54, 1.807) is 23.2 Å². The summed E-state index contributed by atoms with van der Waals surface area (Å²) < 4.78 is 30.6. The molecule has 0 aliphatic carbocycles. The van der Waals surface area contributed by atoms with E-state index < -0.39 is 10.0 Å². The Morgan fingerprint density at radius 3 is 2.60 bits per heavy atom. The second-order valence-corrected chi connectivity index (χ2v) is 6.46. The van der Waals surface area contributed by atoms with Gasteiger partial charge in [0.25, 0.3) is 0 Å². The summed E-state index contributed by atoms with van der Waals surface area (Å²) in [5, 5.41) is 3.63. The van der Waals surface area contributed by atoms with Crippen LogP contribution in [0.25, 0.3) is 0 Å². The van der Waals surface area contributed by atoms with Crippen molar-refractivity contribution >= 4 is 21.5 Å². The minimum absolute atomic E-state index is 0.220. The van der Waals surface area contributed by atoms with Crippen LogP contribution in [0.4, 0.5) is 11.5 Å². The molecular formula is C12H16N4O3S. The van der Waals surface area contributed by atoms with Crippen molar-refractivity contribution in [2.24, 2.45) is 0 Å². The third-order valence-electron chi connectivity index (χ3n) is 2.77. The quantitative estimate of drug-likeness (QED) is 0.822. The van der Waals surface area contributed by atoms with Gasteiger partial charge in [-0.05, 0) is 12.1 Å². The van der Waals surface area contributed by atoms with Gasteiger partial charge in [0.2, 0.25) is 10.0 Å². The Morgan fingerprint density at radius 2 is 2.00 bits per heavy atom. The van der Waals surface area contributed by atoms with Crippen LogP contribution >= 0.6 is 0 Å². The van der Waals surface area contributed by atoms with Gasteiger partial charge < -0.3 is 9.42 Å². The first-order chi connectivity index (χ1) is 9.42. The molecule has 8 heteroatoms. The van der Waals surface area contributed by atoms with Crippen LogP contribution in [-0.2, 0) is 15.8 Å². The van der Waals surface area contributed by atoms with Gasteiger partial charge in [-0.15, -0.1) is 0 Å². The minimum Gasteiger partial charge on any atom is -0.364 e. The van der Waals surface area contributed by atoms with Crippen LogP contribution in [0.15, 0.2) is 35.2 Å². The van der Waals surface area contributed by atoms with Gasteiger partial charge in [0, 0.05) is 33.4 Å². The van der Waals surface area contributed by atoms with Gasteiger partial charge in [0.1, 0.15) is 17.7 Å². The molecule has 0 aliphatic heterocycles. The molecule has 0 aliphatic rings. The zero-order chi connectivity index (χ0) is 14.8. The molecule has 2 heterocycles. The second-order valence-electron chi connectivity index (χ2n) is 4.46. The van der Waals surface area contributed by atoms with Crippen molar-refractivity contribution in [1.82, 2.24) is 10.1 Å². The van der Waals surface area contributed by atoms with E-state index in [-0.39, 0.29) is 5.75 Å². The summed E-state index contributed by atoms with van der Waals surface area (Å²) in [7, 11) is 1.57. The van der Waals surface area contributed by atoms with Crippen LogP contribution < -0.4 is 9.21 Å². The topological polar surface area (TPSA) is 79.5 Å². The number of hydrogen-bond donors (Lipinski definition) is 0. The number of sulfonamides is 1. The van der Waals surface area contributed by atoms with Crippen molar-refractivity contribution in [3.63, 3.8) is 0 Å². The largest absolute Gasteiger partial charge is 0.364 e. The summed E-state index contributed by atoms with van der Waals surface area (Å²) in [5.41, 5.74) is 0.883. The molecule has 2 rings (SSSR count). The van der Waals surface area contributed by atoms with E-state index >= 15 is 0 Å². The molecule has 20 heavy (non-hydrogen) atoms. The lowest BCUT2D eigenvalue weighted by molar-refractivity contribution is 0.413. The maximum atomic E-state index is 12.4. The Balaban J connectivity index is 2.33. The standard InChI is InChI=1S/C12H16N4O3S/c1-15(2)12-11(5-4-7-13-12)16(3)20(17,18)9-10-6-8-19-14-10/h4-8H,9H2,1-3H3. The highest BCUT2D eigenvalue weighted by Crippen LogP contribution is 2.27. The molecule has 0 amide bonds. The lowest BCUT2D eigenvalue weighted by atomic mass is 10.4. The van der Waals surface area contributed by atoms with Gasteiger partial charge in [0.15, 0.2) is 5.82 Å². The molecule has 0 bridgehead atoms. The fourth-order valence-electron chi connectivity index (χ4n) is 1.72. The third-order valence-corrected chi connectivity index (χ3v) is 4.46. The predicted octanol–water partition coefficient (Wildman–Crippen LogP) is 1.10. The molecule has 0 radical (unpaired) electrons. The Labute approximate surface area is 117 Å². The summed E-state index contributed by atoms with van der Waals surface area (Å²) >= 11 is 0. The molecule has 0 spiro atoms. The zero-order valence-corrected chi connectivity index (χ0v) is 12.3. The lowest BCUT2D eigenvalue weighted by Crippen LogP contribution is -2.29. The van der Waals surface area contributed by atoms with Crippen molar-refractivity contribution in [2.75, 3.05) is 30.3 Å². The maximum Gasteiger partial charge on any atom is 0.240 e. The first-order valence-corrected chi connectivity index (χ1v) is 7.51. The van der Waals surface area contributed by atoms with Crippen LogP contribution in [0, 0.1) is 0 Å². The zero-order valence-electron chi connectivity index (χ0n) is 11.5. The lowest BCUT2D eigenvalue weighted by Gasteiger charge is -2.23. The van der Waals surface area contributed by atoms with E-state index in [1.165, 1.54) is 23.7 Å². The van der Waals surface area contributed by atoms with Crippen molar-refractivity contribution in [2.45, 2.75) is 5.75 Å². The fraction of sp³-hybridized carbons (Fsp3) is 0.333. The highest BCUT2D eigenvalue weighted by molar-refractivity contribution is 7.92. The molecule has 0 unspecified atom stereocenters. The maximum absolute atomic E-state index is 12.4. The molecular weight excluding hydrogens is 280 g/mol. The normalized spacial score (nSPS) is 11.3. The summed E-state index contributed by atoms with van der Waals surface area (Å²) in [4.78, 5) is 5.96. The molecule has 0 saturated heterocycles. The van der Waals surface area contributed by atoms with E-state index in [1.807, 2.05) is 14.1 Å². The first kappa shape index (κ1) is 14.3. The molecule has 108 valence electrons. The molecule has 7 nitrogen and oxygen atoms in total. The SMILES string of the molecule is CN(C)c1ncccc1N(C)S(=O)(=O)Cc1ccon1. The van der Waals surface area contributed by atoms with E-state index in [9.17, 15) is 8.42 Å². The van der Waals surface area contributed by atoms with Gasteiger partial charge in [-0.3, -0.25) is 4.31 Å². The number of anilines is 2.